The van der Waals surface area contributed by atoms with Gasteiger partial charge in [0.2, 0.25) is 0 Å². The summed E-state index contributed by atoms with van der Waals surface area (Å²) in [6, 6.07) is 2.25. The lowest BCUT2D eigenvalue weighted by Crippen LogP contribution is -2.26. The van der Waals surface area contributed by atoms with Crippen molar-refractivity contribution >= 4 is 11.6 Å². The summed E-state index contributed by atoms with van der Waals surface area (Å²) in [5.74, 6) is 0. The van der Waals surface area contributed by atoms with Gasteiger partial charge >= 0.3 is 0 Å². The van der Waals surface area contributed by atoms with Crippen molar-refractivity contribution in [2.45, 2.75) is 39.7 Å². The minimum Gasteiger partial charge on any atom is -0.310 e. The highest BCUT2D eigenvalue weighted by Gasteiger charge is 2.19. The molecule has 0 saturated carbocycles. The Morgan fingerprint density at radius 3 is 2.71 bits per heavy atom. The zero-order chi connectivity index (χ0) is 15.4. The molecule has 5 heteroatoms. The predicted octanol–water partition coefficient (Wildman–Crippen LogP) is 3.37. The highest BCUT2D eigenvalue weighted by atomic mass is 35.5. The Balaban J connectivity index is 2.31. The van der Waals surface area contributed by atoms with Crippen molar-refractivity contribution < 1.29 is 0 Å². The van der Waals surface area contributed by atoms with Crippen LogP contribution in [0.5, 0.6) is 0 Å². The van der Waals surface area contributed by atoms with E-state index >= 15 is 0 Å². The zero-order valence-corrected chi connectivity index (χ0v) is 13.9. The summed E-state index contributed by atoms with van der Waals surface area (Å²) < 4.78 is 1.88. The Labute approximate surface area is 131 Å². The van der Waals surface area contributed by atoms with E-state index in [2.05, 4.69) is 29.2 Å². The third kappa shape index (κ3) is 3.63. The molecule has 2 aromatic rings. The van der Waals surface area contributed by atoms with Gasteiger partial charge in [0, 0.05) is 31.9 Å². The Hall–Kier alpha value is -1.39. The van der Waals surface area contributed by atoms with Crippen LogP contribution in [-0.2, 0) is 13.5 Å². The summed E-state index contributed by atoms with van der Waals surface area (Å²) in [5, 5.41) is 8.77. The van der Waals surface area contributed by atoms with Gasteiger partial charge in [-0.15, -0.1) is 0 Å². The number of nitrogens with zero attached hydrogens (tertiary/aromatic N) is 3. The average Bonchev–Trinajstić information content (AvgIpc) is 2.70. The molecule has 1 N–H and O–H groups in total. The van der Waals surface area contributed by atoms with Gasteiger partial charge in [-0.1, -0.05) is 18.5 Å². The molecule has 1 unspecified atom stereocenters. The number of nitrogens with one attached hydrogen (secondary N) is 1. The van der Waals surface area contributed by atoms with Gasteiger partial charge in [-0.3, -0.25) is 9.67 Å². The molecule has 0 amide bonds. The van der Waals surface area contributed by atoms with E-state index in [0.717, 1.165) is 35.8 Å². The molecule has 0 aromatic carbocycles. The number of hydrogen-bond acceptors (Lipinski definition) is 3. The van der Waals surface area contributed by atoms with Crippen LogP contribution in [-0.4, -0.2) is 21.3 Å². The van der Waals surface area contributed by atoms with E-state index in [4.69, 9.17) is 11.6 Å². The van der Waals surface area contributed by atoms with Gasteiger partial charge in [-0.05, 0) is 44.0 Å². The molecular weight excluding hydrogens is 284 g/mol. The van der Waals surface area contributed by atoms with Gasteiger partial charge in [0.1, 0.15) is 0 Å². The topological polar surface area (TPSA) is 42.7 Å². The lowest BCUT2D eigenvalue weighted by molar-refractivity contribution is 0.509. The molecule has 21 heavy (non-hydrogen) atoms. The number of aromatic nitrogens is 3. The molecule has 0 saturated heterocycles. The van der Waals surface area contributed by atoms with Gasteiger partial charge in [-0.25, -0.2) is 0 Å². The van der Waals surface area contributed by atoms with Crippen LogP contribution in [0.1, 0.15) is 41.9 Å². The standard InChI is InChI=1S/C16H23ClN4/c1-5-7-19-14(13-10-18-8-6-11(13)2)9-15-16(17)12(3)20-21(15)4/h6,8,10,14,19H,5,7,9H2,1-4H3. The fourth-order valence-electron chi connectivity index (χ4n) is 2.55. The Bertz CT molecular complexity index is 606. The maximum Gasteiger partial charge on any atom is 0.0847 e. The van der Waals surface area contributed by atoms with Gasteiger partial charge in [-0.2, -0.15) is 5.10 Å². The van der Waals surface area contributed by atoms with Gasteiger partial charge in [0.25, 0.3) is 0 Å². The second-order valence-electron chi connectivity index (χ2n) is 5.41. The third-order valence-electron chi connectivity index (χ3n) is 3.75. The van der Waals surface area contributed by atoms with Crippen LogP contribution in [0.15, 0.2) is 18.5 Å². The van der Waals surface area contributed by atoms with Crippen LogP contribution in [0.2, 0.25) is 5.02 Å². The first-order valence-corrected chi connectivity index (χ1v) is 7.74. The van der Waals surface area contributed by atoms with E-state index in [1.807, 2.05) is 37.1 Å². The van der Waals surface area contributed by atoms with E-state index in [9.17, 15) is 0 Å². The second kappa shape index (κ2) is 7.05. The molecule has 0 spiro atoms. The number of halogens is 1. The van der Waals surface area contributed by atoms with Crippen molar-refractivity contribution in [1.29, 1.82) is 0 Å². The number of pyridine rings is 1. The Morgan fingerprint density at radius 2 is 2.14 bits per heavy atom. The van der Waals surface area contributed by atoms with Crippen LogP contribution in [0.25, 0.3) is 0 Å². The summed E-state index contributed by atoms with van der Waals surface area (Å²) in [5.41, 5.74) is 4.41. The van der Waals surface area contributed by atoms with Crippen molar-refractivity contribution in [3.05, 3.63) is 46.0 Å². The molecule has 0 aliphatic rings. The number of hydrogen-bond donors (Lipinski definition) is 1. The smallest absolute Gasteiger partial charge is 0.0847 e. The van der Waals surface area contributed by atoms with E-state index in [-0.39, 0.29) is 6.04 Å². The summed E-state index contributed by atoms with van der Waals surface area (Å²) in [6.45, 7) is 7.19. The molecule has 0 aliphatic heterocycles. The molecule has 114 valence electrons. The fourth-order valence-corrected chi connectivity index (χ4v) is 2.78. The normalized spacial score (nSPS) is 12.6. The first-order chi connectivity index (χ1) is 10.0. The molecule has 2 rings (SSSR count). The van der Waals surface area contributed by atoms with Crippen molar-refractivity contribution in [2.24, 2.45) is 7.05 Å². The fraction of sp³-hybridized carbons (Fsp3) is 0.500. The minimum absolute atomic E-state index is 0.200. The summed E-state index contributed by atoms with van der Waals surface area (Å²) in [4.78, 5) is 4.27. The number of aryl methyl sites for hydroxylation is 3. The number of rotatable bonds is 6. The zero-order valence-electron chi connectivity index (χ0n) is 13.2. The lowest BCUT2D eigenvalue weighted by atomic mass is 9.99. The Kier molecular flexibility index (Phi) is 5.37. The molecule has 0 fully saturated rings. The largest absolute Gasteiger partial charge is 0.310 e. The molecule has 2 heterocycles. The third-order valence-corrected chi connectivity index (χ3v) is 4.25. The van der Waals surface area contributed by atoms with E-state index in [1.165, 1.54) is 11.1 Å². The molecule has 1 atom stereocenters. The molecule has 0 bridgehead atoms. The average molecular weight is 307 g/mol. The second-order valence-corrected chi connectivity index (χ2v) is 5.79. The highest BCUT2D eigenvalue weighted by molar-refractivity contribution is 6.31. The molecular formula is C16H23ClN4. The van der Waals surface area contributed by atoms with Crippen molar-refractivity contribution in [3.63, 3.8) is 0 Å². The molecule has 0 aliphatic carbocycles. The van der Waals surface area contributed by atoms with Crippen molar-refractivity contribution in [1.82, 2.24) is 20.1 Å². The first kappa shape index (κ1) is 16.0. The van der Waals surface area contributed by atoms with E-state index in [0.29, 0.717) is 0 Å². The molecule has 0 radical (unpaired) electrons. The van der Waals surface area contributed by atoms with Crippen LogP contribution in [0.4, 0.5) is 0 Å². The van der Waals surface area contributed by atoms with Crippen molar-refractivity contribution in [2.75, 3.05) is 6.54 Å². The maximum absolute atomic E-state index is 6.39. The molecule has 4 nitrogen and oxygen atoms in total. The molecule has 2 aromatic heterocycles. The van der Waals surface area contributed by atoms with Gasteiger partial charge in [0.05, 0.1) is 16.4 Å². The Morgan fingerprint density at radius 1 is 1.38 bits per heavy atom. The monoisotopic (exact) mass is 306 g/mol. The summed E-state index contributed by atoms with van der Waals surface area (Å²) >= 11 is 6.39. The quantitative estimate of drug-likeness (QED) is 0.890. The van der Waals surface area contributed by atoms with Crippen LogP contribution in [0, 0.1) is 13.8 Å². The van der Waals surface area contributed by atoms with Crippen molar-refractivity contribution in [3.8, 4) is 0 Å². The maximum atomic E-state index is 6.39. The SMILES string of the molecule is CCCNC(Cc1c(Cl)c(C)nn1C)c1cnccc1C. The minimum atomic E-state index is 0.200. The highest BCUT2D eigenvalue weighted by Crippen LogP contribution is 2.26. The van der Waals surface area contributed by atoms with E-state index < -0.39 is 0 Å². The van der Waals surface area contributed by atoms with E-state index in [1.54, 1.807) is 0 Å². The first-order valence-electron chi connectivity index (χ1n) is 7.36. The summed E-state index contributed by atoms with van der Waals surface area (Å²) in [7, 11) is 1.95. The predicted molar refractivity (Wildman–Crippen MR) is 86.7 cm³/mol. The van der Waals surface area contributed by atoms with Gasteiger partial charge < -0.3 is 5.32 Å². The van der Waals surface area contributed by atoms with Crippen LogP contribution >= 0.6 is 11.6 Å². The summed E-state index contributed by atoms with van der Waals surface area (Å²) in [6.07, 6.45) is 5.67. The lowest BCUT2D eigenvalue weighted by Gasteiger charge is -2.21. The van der Waals surface area contributed by atoms with Crippen LogP contribution < -0.4 is 5.32 Å². The van der Waals surface area contributed by atoms with Gasteiger partial charge in [0.15, 0.2) is 0 Å². The van der Waals surface area contributed by atoms with Crippen LogP contribution in [0.3, 0.4) is 0 Å².